The van der Waals surface area contributed by atoms with Crippen molar-refractivity contribution in [3.05, 3.63) is 35.9 Å². The summed E-state index contributed by atoms with van der Waals surface area (Å²) in [6.07, 6.45) is 4.12. The van der Waals surface area contributed by atoms with E-state index in [2.05, 4.69) is 6.92 Å². The average Bonchev–Trinajstić information content (AvgIpc) is 2.55. The van der Waals surface area contributed by atoms with Crippen molar-refractivity contribution in [3.8, 4) is 0 Å². The number of carbonyl (C=O) groups is 1. The molecule has 1 atom stereocenters. The Hall–Kier alpha value is -1.31. The SMILES string of the molecule is CC1CCCN(C(=O)Cc2ccccc2)CC1. The van der Waals surface area contributed by atoms with Crippen molar-refractivity contribution in [2.24, 2.45) is 5.92 Å². The first-order valence-corrected chi connectivity index (χ1v) is 6.57. The van der Waals surface area contributed by atoms with Crippen LogP contribution < -0.4 is 0 Å². The van der Waals surface area contributed by atoms with Gasteiger partial charge in [-0.3, -0.25) is 4.79 Å². The highest BCUT2D eigenvalue weighted by Gasteiger charge is 2.18. The maximum Gasteiger partial charge on any atom is 0.226 e. The van der Waals surface area contributed by atoms with E-state index in [0.29, 0.717) is 6.42 Å². The number of amides is 1. The van der Waals surface area contributed by atoms with E-state index in [4.69, 9.17) is 0 Å². The minimum atomic E-state index is 0.283. The molecule has 1 heterocycles. The van der Waals surface area contributed by atoms with Gasteiger partial charge in [0.25, 0.3) is 0 Å². The van der Waals surface area contributed by atoms with E-state index >= 15 is 0 Å². The summed E-state index contributed by atoms with van der Waals surface area (Å²) >= 11 is 0. The molecule has 0 spiro atoms. The molecule has 2 nitrogen and oxygen atoms in total. The van der Waals surface area contributed by atoms with Crippen molar-refractivity contribution in [2.75, 3.05) is 13.1 Å². The van der Waals surface area contributed by atoms with Crippen LogP contribution in [-0.2, 0) is 11.2 Å². The zero-order valence-electron chi connectivity index (χ0n) is 10.6. The Balaban J connectivity index is 1.91. The van der Waals surface area contributed by atoms with E-state index in [1.165, 1.54) is 6.42 Å². The number of hydrogen-bond acceptors (Lipinski definition) is 1. The molecule has 17 heavy (non-hydrogen) atoms. The summed E-state index contributed by atoms with van der Waals surface area (Å²) in [4.78, 5) is 14.2. The molecule has 1 unspecified atom stereocenters. The highest BCUT2D eigenvalue weighted by atomic mass is 16.2. The van der Waals surface area contributed by atoms with Gasteiger partial charge in [-0.25, -0.2) is 0 Å². The second-order valence-corrected chi connectivity index (χ2v) is 5.08. The first kappa shape index (κ1) is 12.2. The number of carbonyl (C=O) groups excluding carboxylic acids is 1. The molecule has 2 rings (SSSR count). The summed E-state index contributed by atoms with van der Waals surface area (Å²) in [6.45, 7) is 4.16. The van der Waals surface area contributed by atoms with Gasteiger partial charge in [-0.1, -0.05) is 37.3 Å². The summed E-state index contributed by atoms with van der Waals surface area (Å²) < 4.78 is 0. The first-order chi connectivity index (χ1) is 8.25. The molecule has 1 aliphatic heterocycles. The van der Waals surface area contributed by atoms with Gasteiger partial charge in [0.05, 0.1) is 6.42 Å². The quantitative estimate of drug-likeness (QED) is 0.766. The summed E-state index contributed by atoms with van der Waals surface area (Å²) in [5, 5.41) is 0. The van der Waals surface area contributed by atoms with Crippen molar-refractivity contribution in [2.45, 2.75) is 32.6 Å². The van der Waals surface area contributed by atoms with Gasteiger partial charge in [0.1, 0.15) is 0 Å². The Labute approximate surface area is 104 Å². The number of rotatable bonds is 2. The van der Waals surface area contributed by atoms with Gasteiger partial charge in [-0.2, -0.15) is 0 Å². The molecule has 92 valence electrons. The highest BCUT2D eigenvalue weighted by Crippen LogP contribution is 2.17. The van der Waals surface area contributed by atoms with Crippen molar-refractivity contribution in [1.29, 1.82) is 0 Å². The predicted molar refractivity (Wildman–Crippen MR) is 69.7 cm³/mol. The van der Waals surface area contributed by atoms with Crippen LogP contribution in [0.4, 0.5) is 0 Å². The van der Waals surface area contributed by atoms with Crippen molar-refractivity contribution in [3.63, 3.8) is 0 Å². The second-order valence-electron chi connectivity index (χ2n) is 5.08. The second kappa shape index (κ2) is 5.85. The molecule has 0 N–H and O–H groups in total. The smallest absolute Gasteiger partial charge is 0.226 e. The maximum absolute atomic E-state index is 12.2. The van der Waals surface area contributed by atoms with Gasteiger partial charge in [-0.05, 0) is 30.7 Å². The molecule has 0 radical (unpaired) electrons. The van der Waals surface area contributed by atoms with Crippen LogP contribution in [0.2, 0.25) is 0 Å². The van der Waals surface area contributed by atoms with Gasteiger partial charge in [0.2, 0.25) is 5.91 Å². The predicted octanol–water partition coefficient (Wildman–Crippen LogP) is 2.88. The molecule has 0 saturated carbocycles. The minimum Gasteiger partial charge on any atom is -0.342 e. The van der Waals surface area contributed by atoms with Gasteiger partial charge in [0.15, 0.2) is 0 Å². The standard InChI is InChI=1S/C15H21NO/c1-13-6-5-10-16(11-9-13)15(17)12-14-7-3-2-4-8-14/h2-4,7-8,13H,5-6,9-12H2,1H3. The fourth-order valence-corrected chi connectivity index (χ4v) is 2.39. The van der Waals surface area contributed by atoms with Crippen LogP contribution in [0.15, 0.2) is 30.3 Å². The lowest BCUT2D eigenvalue weighted by Gasteiger charge is -2.20. The zero-order chi connectivity index (χ0) is 12.1. The van der Waals surface area contributed by atoms with Crippen LogP contribution in [0.3, 0.4) is 0 Å². The van der Waals surface area contributed by atoms with Crippen molar-refractivity contribution >= 4 is 5.91 Å². The number of hydrogen-bond donors (Lipinski definition) is 0. The van der Waals surface area contributed by atoms with E-state index in [-0.39, 0.29) is 5.91 Å². The van der Waals surface area contributed by atoms with E-state index in [1.807, 2.05) is 35.2 Å². The summed E-state index contributed by atoms with van der Waals surface area (Å²) in [5.41, 5.74) is 1.12. The van der Waals surface area contributed by atoms with Crippen LogP contribution >= 0.6 is 0 Å². The largest absolute Gasteiger partial charge is 0.342 e. The average molecular weight is 231 g/mol. The van der Waals surface area contributed by atoms with Gasteiger partial charge in [-0.15, -0.1) is 0 Å². The Morgan fingerprint density at radius 3 is 2.76 bits per heavy atom. The topological polar surface area (TPSA) is 20.3 Å². The normalized spacial score (nSPS) is 21.0. The Morgan fingerprint density at radius 1 is 1.24 bits per heavy atom. The number of nitrogens with zero attached hydrogens (tertiary/aromatic N) is 1. The van der Waals surface area contributed by atoms with E-state index in [1.54, 1.807) is 0 Å². The molecule has 0 aliphatic carbocycles. The molecule has 0 bridgehead atoms. The Kier molecular flexibility index (Phi) is 4.18. The molecule has 1 aliphatic rings. The molecule has 1 fully saturated rings. The zero-order valence-corrected chi connectivity index (χ0v) is 10.6. The third-order valence-electron chi connectivity index (χ3n) is 3.57. The van der Waals surface area contributed by atoms with Crippen LogP contribution in [0.5, 0.6) is 0 Å². The van der Waals surface area contributed by atoms with Crippen LogP contribution in [0, 0.1) is 5.92 Å². The summed E-state index contributed by atoms with van der Waals surface area (Å²) in [6, 6.07) is 10.0. The first-order valence-electron chi connectivity index (χ1n) is 6.57. The molecular formula is C15H21NO. The lowest BCUT2D eigenvalue weighted by atomic mass is 10.0. The lowest BCUT2D eigenvalue weighted by Crippen LogP contribution is -2.33. The van der Waals surface area contributed by atoms with Crippen LogP contribution in [0.25, 0.3) is 0 Å². The number of likely N-dealkylation sites (tertiary alicyclic amines) is 1. The summed E-state index contributed by atoms with van der Waals surface area (Å²) in [5.74, 6) is 1.05. The molecular weight excluding hydrogens is 210 g/mol. The van der Waals surface area contributed by atoms with E-state index in [0.717, 1.165) is 37.4 Å². The third kappa shape index (κ3) is 3.58. The molecule has 1 amide bonds. The molecule has 1 saturated heterocycles. The molecule has 0 aromatic heterocycles. The molecule has 2 heteroatoms. The molecule has 1 aromatic carbocycles. The maximum atomic E-state index is 12.2. The van der Waals surface area contributed by atoms with Crippen LogP contribution in [0.1, 0.15) is 31.7 Å². The van der Waals surface area contributed by atoms with E-state index in [9.17, 15) is 4.79 Å². The minimum absolute atomic E-state index is 0.283. The number of benzene rings is 1. The lowest BCUT2D eigenvalue weighted by molar-refractivity contribution is -0.130. The molecule has 1 aromatic rings. The fraction of sp³-hybridized carbons (Fsp3) is 0.533. The van der Waals surface area contributed by atoms with Gasteiger partial charge < -0.3 is 4.90 Å². The summed E-state index contributed by atoms with van der Waals surface area (Å²) in [7, 11) is 0. The fourth-order valence-electron chi connectivity index (χ4n) is 2.39. The highest BCUT2D eigenvalue weighted by molar-refractivity contribution is 5.78. The van der Waals surface area contributed by atoms with Crippen LogP contribution in [-0.4, -0.2) is 23.9 Å². The van der Waals surface area contributed by atoms with E-state index < -0.39 is 0 Å². The van der Waals surface area contributed by atoms with Crippen molar-refractivity contribution in [1.82, 2.24) is 4.90 Å². The monoisotopic (exact) mass is 231 g/mol. The van der Waals surface area contributed by atoms with Gasteiger partial charge >= 0.3 is 0 Å². The Morgan fingerprint density at radius 2 is 2.00 bits per heavy atom. The third-order valence-corrected chi connectivity index (χ3v) is 3.57. The van der Waals surface area contributed by atoms with Crippen molar-refractivity contribution < 1.29 is 4.79 Å². The van der Waals surface area contributed by atoms with Gasteiger partial charge in [0, 0.05) is 13.1 Å². The Bertz CT molecular complexity index is 360.